The maximum Gasteiger partial charge on any atom is 0.257 e. The van der Waals surface area contributed by atoms with Gasteiger partial charge in [-0.05, 0) is 56.7 Å². The summed E-state index contributed by atoms with van der Waals surface area (Å²) in [6.07, 6.45) is 8.59. The van der Waals surface area contributed by atoms with Crippen LogP contribution in [0, 0.1) is 19.8 Å². The van der Waals surface area contributed by atoms with Crippen LogP contribution in [0.2, 0.25) is 0 Å². The lowest BCUT2D eigenvalue weighted by molar-refractivity contribution is 0.0689. The van der Waals surface area contributed by atoms with Gasteiger partial charge in [-0.15, -0.1) is 0 Å². The van der Waals surface area contributed by atoms with Crippen LogP contribution < -0.4 is 0 Å². The topological polar surface area (TPSA) is 74.8 Å². The maximum absolute atomic E-state index is 12.7. The molecule has 6 heteroatoms. The van der Waals surface area contributed by atoms with E-state index < -0.39 is 0 Å². The van der Waals surface area contributed by atoms with Crippen molar-refractivity contribution < 1.29 is 4.79 Å². The van der Waals surface area contributed by atoms with E-state index in [1.807, 2.05) is 31.1 Å². The van der Waals surface area contributed by atoms with Gasteiger partial charge in [0.05, 0.1) is 11.3 Å². The molecule has 3 aromatic rings. The summed E-state index contributed by atoms with van der Waals surface area (Å²) in [6, 6.07) is 4.27. The number of aryl methyl sites for hydroxylation is 2. The third kappa shape index (κ3) is 3.31. The van der Waals surface area contributed by atoms with Gasteiger partial charge in [-0.3, -0.25) is 4.79 Å². The van der Waals surface area contributed by atoms with E-state index in [0.29, 0.717) is 17.3 Å². The van der Waals surface area contributed by atoms with Crippen LogP contribution in [-0.2, 0) is 6.42 Å². The van der Waals surface area contributed by atoms with Gasteiger partial charge in [0.25, 0.3) is 5.91 Å². The number of nitrogens with one attached hydrogen (secondary N) is 1. The zero-order valence-corrected chi connectivity index (χ0v) is 15.2. The zero-order valence-electron chi connectivity index (χ0n) is 15.2. The van der Waals surface area contributed by atoms with Crippen molar-refractivity contribution in [3.63, 3.8) is 0 Å². The molecule has 1 fully saturated rings. The summed E-state index contributed by atoms with van der Waals surface area (Å²) in [6.45, 7) is 5.29. The molecule has 0 aliphatic carbocycles. The quantitative estimate of drug-likeness (QED) is 0.788. The second-order valence-electron chi connectivity index (χ2n) is 7.12. The highest BCUT2D eigenvalue weighted by Gasteiger charge is 2.25. The molecule has 1 saturated heterocycles. The van der Waals surface area contributed by atoms with E-state index in [0.717, 1.165) is 49.1 Å². The molecule has 1 N–H and O–H groups in total. The van der Waals surface area contributed by atoms with E-state index in [9.17, 15) is 4.79 Å². The number of likely N-dealkylation sites (tertiary alicyclic amines) is 1. The third-order valence-corrected chi connectivity index (χ3v) is 5.21. The Morgan fingerprint density at radius 2 is 2.04 bits per heavy atom. The molecule has 26 heavy (non-hydrogen) atoms. The number of carbonyl (C=O) groups is 1. The first kappa shape index (κ1) is 16.7. The number of piperidine rings is 1. The first-order chi connectivity index (χ1) is 12.6. The summed E-state index contributed by atoms with van der Waals surface area (Å²) in [7, 11) is 0. The van der Waals surface area contributed by atoms with Crippen molar-refractivity contribution in [2.24, 2.45) is 5.92 Å². The Morgan fingerprint density at radius 3 is 2.81 bits per heavy atom. The lowest BCUT2D eigenvalue weighted by atomic mass is 9.90. The van der Waals surface area contributed by atoms with Crippen molar-refractivity contribution in [2.75, 3.05) is 13.1 Å². The summed E-state index contributed by atoms with van der Waals surface area (Å²) >= 11 is 0. The molecule has 0 unspecified atom stereocenters. The number of pyridine rings is 1. The van der Waals surface area contributed by atoms with Crippen LogP contribution >= 0.6 is 0 Å². The molecular formula is C20H23N5O. The molecule has 0 saturated carbocycles. The van der Waals surface area contributed by atoms with Crippen LogP contribution in [0.15, 0.2) is 30.7 Å². The number of hydrogen-bond acceptors (Lipinski definition) is 4. The van der Waals surface area contributed by atoms with E-state index in [4.69, 9.17) is 0 Å². The minimum Gasteiger partial charge on any atom is -0.346 e. The van der Waals surface area contributed by atoms with Gasteiger partial charge in [-0.2, -0.15) is 0 Å². The fourth-order valence-electron chi connectivity index (χ4n) is 3.73. The van der Waals surface area contributed by atoms with Crippen LogP contribution in [0.3, 0.4) is 0 Å². The van der Waals surface area contributed by atoms with Gasteiger partial charge < -0.3 is 9.88 Å². The van der Waals surface area contributed by atoms with E-state index in [1.165, 1.54) is 5.56 Å². The Balaban J connectivity index is 1.38. The van der Waals surface area contributed by atoms with Gasteiger partial charge in [0, 0.05) is 37.1 Å². The molecule has 0 bridgehead atoms. The van der Waals surface area contributed by atoms with E-state index in [1.54, 1.807) is 6.20 Å². The van der Waals surface area contributed by atoms with Gasteiger partial charge in [0.1, 0.15) is 11.5 Å². The molecule has 1 aliphatic rings. The molecule has 3 aromatic heterocycles. The van der Waals surface area contributed by atoms with E-state index in [-0.39, 0.29) is 5.91 Å². The van der Waals surface area contributed by atoms with Crippen LogP contribution in [0.5, 0.6) is 0 Å². The number of aromatic amines is 1. The normalized spacial score (nSPS) is 15.5. The molecule has 1 amide bonds. The summed E-state index contributed by atoms with van der Waals surface area (Å²) < 4.78 is 0. The number of H-pyrrole nitrogens is 1. The van der Waals surface area contributed by atoms with Crippen molar-refractivity contribution in [3.8, 4) is 0 Å². The minimum absolute atomic E-state index is 0.0522. The van der Waals surface area contributed by atoms with Crippen LogP contribution in [0.1, 0.15) is 40.3 Å². The van der Waals surface area contributed by atoms with Crippen molar-refractivity contribution in [2.45, 2.75) is 33.1 Å². The molecule has 0 spiro atoms. The Morgan fingerprint density at radius 1 is 1.23 bits per heavy atom. The molecule has 0 radical (unpaired) electrons. The van der Waals surface area contributed by atoms with Gasteiger partial charge in [0.2, 0.25) is 0 Å². The van der Waals surface area contributed by atoms with Crippen molar-refractivity contribution in [1.82, 2.24) is 24.8 Å². The predicted molar refractivity (Wildman–Crippen MR) is 99.9 cm³/mol. The largest absolute Gasteiger partial charge is 0.346 e. The fraction of sp³-hybridized carbons (Fsp3) is 0.400. The van der Waals surface area contributed by atoms with Crippen LogP contribution in [-0.4, -0.2) is 43.8 Å². The van der Waals surface area contributed by atoms with Gasteiger partial charge >= 0.3 is 0 Å². The predicted octanol–water partition coefficient (Wildman–Crippen LogP) is 3.06. The van der Waals surface area contributed by atoms with Crippen LogP contribution in [0.25, 0.3) is 11.0 Å². The number of hydrogen-bond donors (Lipinski definition) is 1. The minimum atomic E-state index is 0.0522. The maximum atomic E-state index is 12.7. The average molecular weight is 349 g/mol. The SMILES string of the molecule is Cc1ncc(C(=O)N2CCC(Cc3cnc4[nH]ccc4c3)CC2)c(C)n1. The summed E-state index contributed by atoms with van der Waals surface area (Å²) in [4.78, 5) is 30.8. The Labute approximate surface area is 152 Å². The lowest BCUT2D eigenvalue weighted by Crippen LogP contribution is -2.39. The van der Waals surface area contributed by atoms with Gasteiger partial charge in [0.15, 0.2) is 0 Å². The monoisotopic (exact) mass is 349 g/mol. The summed E-state index contributed by atoms with van der Waals surface area (Å²) in [5.74, 6) is 1.34. The molecule has 134 valence electrons. The van der Waals surface area contributed by atoms with Crippen molar-refractivity contribution >= 4 is 16.9 Å². The number of fused-ring (bicyclic) bond motifs is 1. The first-order valence-electron chi connectivity index (χ1n) is 9.11. The van der Waals surface area contributed by atoms with E-state index >= 15 is 0 Å². The Kier molecular flexibility index (Phi) is 4.41. The molecule has 1 aliphatic heterocycles. The van der Waals surface area contributed by atoms with Crippen LogP contribution in [0.4, 0.5) is 0 Å². The van der Waals surface area contributed by atoms with E-state index in [2.05, 4.69) is 32.1 Å². The first-order valence-corrected chi connectivity index (χ1v) is 9.11. The highest BCUT2D eigenvalue weighted by Crippen LogP contribution is 2.24. The average Bonchev–Trinajstić information content (AvgIpc) is 3.10. The molecule has 4 heterocycles. The number of rotatable bonds is 3. The Bertz CT molecular complexity index is 940. The number of nitrogens with zero attached hydrogens (tertiary/aromatic N) is 4. The van der Waals surface area contributed by atoms with Gasteiger partial charge in [-0.25, -0.2) is 15.0 Å². The fourth-order valence-corrected chi connectivity index (χ4v) is 3.73. The molecule has 6 nitrogen and oxygen atoms in total. The van der Waals surface area contributed by atoms with Crippen molar-refractivity contribution in [3.05, 3.63) is 53.4 Å². The number of carbonyl (C=O) groups excluding carboxylic acids is 1. The smallest absolute Gasteiger partial charge is 0.257 e. The summed E-state index contributed by atoms with van der Waals surface area (Å²) in [5, 5.41) is 1.16. The third-order valence-electron chi connectivity index (χ3n) is 5.21. The van der Waals surface area contributed by atoms with Gasteiger partial charge in [-0.1, -0.05) is 0 Å². The summed E-state index contributed by atoms with van der Waals surface area (Å²) in [5.41, 5.74) is 3.58. The second kappa shape index (κ2) is 6.86. The zero-order chi connectivity index (χ0) is 18.1. The highest BCUT2D eigenvalue weighted by molar-refractivity contribution is 5.95. The number of aromatic nitrogens is 4. The molecular weight excluding hydrogens is 326 g/mol. The Hall–Kier alpha value is -2.76. The standard InChI is InChI=1S/C20H23N5O/c1-13-18(12-22-14(2)24-13)20(26)25-7-4-15(5-8-25)9-16-10-17-3-6-21-19(17)23-11-16/h3,6,10-12,15H,4-5,7-9H2,1-2H3,(H,21,23). The molecule has 0 atom stereocenters. The molecule has 0 aromatic carbocycles. The highest BCUT2D eigenvalue weighted by atomic mass is 16.2. The number of amides is 1. The second-order valence-corrected chi connectivity index (χ2v) is 7.12. The van der Waals surface area contributed by atoms with Crippen molar-refractivity contribution in [1.29, 1.82) is 0 Å². The lowest BCUT2D eigenvalue weighted by Gasteiger charge is -2.32. The molecule has 4 rings (SSSR count).